The zero-order valence-corrected chi connectivity index (χ0v) is 24.0. The Balaban J connectivity index is 1.28. The quantitative estimate of drug-likeness (QED) is 0.231. The van der Waals surface area contributed by atoms with E-state index in [1.165, 1.54) is 4.90 Å². The van der Waals surface area contributed by atoms with Crippen LogP contribution in [0.5, 0.6) is 11.6 Å². The lowest BCUT2D eigenvalue weighted by Gasteiger charge is -2.31. The summed E-state index contributed by atoms with van der Waals surface area (Å²) in [5.74, 6) is 1.67. The molecule has 3 heterocycles. The van der Waals surface area contributed by atoms with E-state index in [1.54, 1.807) is 30.6 Å². The highest BCUT2D eigenvalue weighted by Gasteiger charge is 2.28. The summed E-state index contributed by atoms with van der Waals surface area (Å²) >= 11 is 0. The van der Waals surface area contributed by atoms with Gasteiger partial charge in [-0.05, 0) is 68.4 Å². The summed E-state index contributed by atoms with van der Waals surface area (Å²) in [5.41, 5.74) is 2.61. The molecule has 1 aliphatic heterocycles. The fourth-order valence-electron chi connectivity index (χ4n) is 5.26. The molecule has 6 rings (SSSR count). The van der Waals surface area contributed by atoms with E-state index in [1.807, 2.05) is 37.3 Å². The van der Waals surface area contributed by atoms with Crippen LogP contribution < -0.4 is 14.8 Å². The van der Waals surface area contributed by atoms with Gasteiger partial charge in [-0.3, -0.25) is 4.72 Å². The van der Waals surface area contributed by atoms with Gasteiger partial charge in [-0.2, -0.15) is 0 Å². The van der Waals surface area contributed by atoms with E-state index in [0.29, 0.717) is 47.6 Å². The summed E-state index contributed by atoms with van der Waals surface area (Å²) in [6, 6.07) is 14.6. The van der Waals surface area contributed by atoms with Gasteiger partial charge < -0.3 is 20.1 Å². The molecule has 218 valence electrons. The van der Waals surface area contributed by atoms with Crippen molar-refractivity contribution in [2.45, 2.75) is 38.6 Å². The zero-order valence-electron chi connectivity index (χ0n) is 23.2. The molecule has 0 spiro atoms. The second kappa shape index (κ2) is 11.4. The summed E-state index contributed by atoms with van der Waals surface area (Å²) in [7, 11) is -3.46. The van der Waals surface area contributed by atoms with Gasteiger partial charge in [-0.25, -0.2) is 28.2 Å². The van der Waals surface area contributed by atoms with Gasteiger partial charge in [0.2, 0.25) is 21.9 Å². The average molecular weight is 589 g/mol. The molecule has 1 aliphatic carbocycles. The molecule has 42 heavy (non-hydrogen) atoms. The minimum atomic E-state index is -3.46. The number of amides is 1. The summed E-state index contributed by atoms with van der Waals surface area (Å²) in [6.45, 7) is 2.81. The highest BCUT2D eigenvalue weighted by Crippen LogP contribution is 2.39. The number of likely N-dealkylation sites (tertiary alicyclic amines) is 1. The first-order chi connectivity index (χ1) is 20.3. The van der Waals surface area contributed by atoms with E-state index >= 15 is 0 Å². The third-order valence-electron chi connectivity index (χ3n) is 7.55. The molecule has 1 amide bonds. The van der Waals surface area contributed by atoms with Crippen molar-refractivity contribution in [2.24, 2.45) is 5.92 Å². The van der Waals surface area contributed by atoms with Gasteiger partial charge in [0.1, 0.15) is 5.75 Å². The van der Waals surface area contributed by atoms with Gasteiger partial charge in [0, 0.05) is 42.3 Å². The van der Waals surface area contributed by atoms with E-state index in [9.17, 15) is 18.3 Å². The summed E-state index contributed by atoms with van der Waals surface area (Å²) < 4.78 is 34.7. The van der Waals surface area contributed by atoms with E-state index < -0.39 is 16.1 Å². The van der Waals surface area contributed by atoms with Crippen molar-refractivity contribution in [1.29, 1.82) is 0 Å². The molecule has 1 saturated carbocycles. The van der Waals surface area contributed by atoms with Gasteiger partial charge in [0.15, 0.2) is 0 Å². The number of hydrogen-bond acceptors (Lipinski definition) is 8. The number of carbonyl (C=O) groups is 1. The Labute approximate surface area is 244 Å². The minimum absolute atomic E-state index is 0.0936. The maximum absolute atomic E-state index is 12.7. The highest BCUT2D eigenvalue weighted by atomic mass is 32.2. The predicted octanol–water partition coefficient (Wildman–Crippen LogP) is 5.50. The van der Waals surface area contributed by atoms with Crippen molar-refractivity contribution >= 4 is 38.5 Å². The smallest absolute Gasteiger partial charge is 0.407 e. The number of anilines is 2. The lowest BCUT2D eigenvalue weighted by Crippen LogP contribution is -2.44. The Bertz CT molecular complexity index is 1740. The van der Waals surface area contributed by atoms with Crippen molar-refractivity contribution in [2.75, 3.05) is 28.9 Å². The molecule has 3 N–H and O–H groups in total. The van der Waals surface area contributed by atoms with E-state index in [2.05, 4.69) is 20.0 Å². The van der Waals surface area contributed by atoms with Crippen molar-refractivity contribution in [3.63, 3.8) is 0 Å². The second-order valence-electron chi connectivity index (χ2n) is 10.9. The molecule has 4 aromatic rings. The van der Waals surface area contributed by atoms with Crippen LogP contribution in [0, 0.1) is 12.8 Å². The number of ether oxygens (including phenoxy) is 1. The number of nitrogens with one attached hydrogen (secondary N) is 2. The molecule has 2 aromatic carbocycles. The first-order valence-corrected chi connectivity index (χ1v) is 15.6. The van der Waals surface area contributed by atoms with Gasteiger partial charge in [0.25, 0.3) is 0 Å². The van der Waals surface area contributed by atoms with Crippen LogP contribution in [-0.4, -0.2) is 64.4 Å². The van der Waals surface area contributed by atoms with Crippen LogP contribution in [0.15, 0.2) is 60.9 Å². The summed E-state index contributed by atoms with van der Waals surface area (Å²) in [5, 5.41) is 14.1. The molecule has 1 atom stereocenters. The maximum Gasteiger partial charge on any atom is 0.407 e. The summed E-state index contributed by atoms with van der Waals surface area (Å²) in [6.07, 6.45) is 5.83. The number of nitrogens with zero attached hydrogens (tertiary/aromatic N) is 4. The van der Waals surface area contributed by atoms with Gasteiger partial charge in [-0.15, -0.1) is 0 Å². The van der Waals surface area contributed by atoms with Crippen molar-refractivity contribution < 1.29 is 23.1 Å². The van der Waals surface area contributed by atoms with Crippen LogP contribution in [0.25, 0.3) is 22.0 Å². The molecule has 0 bridgehead atoms. The monoisotopic (exact) mass is 588 g/mol. The van der Waals surface area contributed by atoms with E-state index in [4.69, 9.17) is 9.72 Å². The van der Waals surface area contributed by atoms with Crippen molar-refractivity contribution in [3.05, 3.63) is 66.5 Å². The maximum atomic E-state index is 12.7. The molecular weight excluding hydrogens is 556 g/mol. The molecule has 0 radical (unpaired) electrons. The molecule has 11 nitrogen and oxygen atoms in total. The largest absolute Gasteiger partial charge is 0.465 e. The number of rotatable bonds is 9. The van der Waals surface area contributed by atoms with Crippen molar-refractivity contribution in [1.82, 2.24) is 19.9 Å². The number of carboxylic acid groups (broad SMARTS) is 1. The number of benzene rings is 2. The minimum Gasteiger partial charge on any atom is -0.465 e. The molecule has 0 unspecified atom stereocenters. The molecule has 1 saturated heterocycles. The van der Waals surface area contributed by atoms with E-state index in [0.717, 1.165) is 42.0 Å². The molecule has 12 heteroatoms. The van der Waals surface area contributed by atoms with Crippen molar-refractivity contribution in [3.8, 4) is 22.9 Å². The molecule has 2 aromatic heterocycles. The Kier molecular flexibility index (Phi) is 7.55. The SMILES string of the molecule is Cc1ccc2c(NS(=O)(=O)CC3CC3)cccc2c1Oc1ncccc1-c1ccnc(N[C@H]2CCCN(C(=O)O)C2)n1. The number of piperidine rings is 1. The van der Waals surface area contributed by atoms with Gasteiger partial charge in [0.05, 0.1) is 22.7 Å². The van der Waals surface area contributed by atoms with Gasteiger partial charge in [-0.1, -0.05) is 24.3 Å². The lowest BCUT2D eigenvalue weighted by atomic mass is 10.0. The normalized spacial score (nSPS) is 17.2. The Morgan fingerprint density at radius 2 is 1.90 bits per heavy atom. The Morgan fingerprint density at radius 1 is 1.05 bits per heavy atom. The van der Waals surface area contributed by atoms with Crippen LogP contribution in [0.1, 0.15) is 31.2 Å². The number of fused-ring (bicyclic) bond motifs is 1. The average Bonchev–Trinajstić information content (AvgIpc) is 3.78. The second-order valence-corrected chi connectivity index (χ2v) is 12.6. The zero-order chi connectivity index (χ0) is 29.3. The Hall–Kier alpha value is -4.45. The van der Waals surface area contributed by atoms with Crippen LogP contribution in [-0.2, 0) is 10.0 Å². The highest BCUT2D eigenvalue weighted by molar-refractivity contribution is 7.92. The van der Waals surface area contributed by atoms with Crippen LogP contribution in [0.3, 0.4) is 0 Å². The molecule has 2 aliphatic rings. The molecule has 2 fully saturated rings. The number of sulfonamides is 1. The predicted molar refractivity (Wildman–Crippen MR) is 160 cm³/mol. The van der Waals surface area contributed by atoms with Crippen LogP contribution >= 0.6 is 0 Å². The topological polar surface area (TPSA) is 147 Å². The standard InChI is InChI=1S/C30H32N6O5S/c1-19-9-12-22-23(6-2-8-26(22)35-42(39,40)18-20-10-11-20)27(19)41-28-24(7-3-14-31-28)25-13-15-32-29(34-25)33-21-5-4-16-36(17-21)30(37)38/h2-3,6-9,12-15,20-21,35H,4-5,10-11,16-18H2,1H3,(H,37,38)(H,32,33,34)/t21-/m0/s1. The molecular formula is C30H32N6O5S. The lowest BCUT2D eigenvalue weighted by molar-refractivity contribution is 0.132. The number of aromatic nitrogens is 3. The number of aryl methyl sites for hydroxylation is 1. The van der Waals surface area contributed by atoms with Crippen LogP contribution in [0.4, 0.5) is 16.4 Å². The first kappa shape index (κ1) is 27.7. The van der Waals surface area contributed by atoms with Crippen LogP contribution in [0.2, 0.25) is 0 Å². The fourth-order valence-corrected chi connectivity index (χ4v) is 6.81. The first-order valence-electron chi connectivity index (χ1n) is 14.0. The van der Waals surface area contributed by atoms with E-state index in [-0.39, 0.29) is 17.7 Å². The Morgan fingerprint density at radius 3 is 2.71 bits per heavy atom. The third-order valence-corrected chi connectivity index (χ3v) is 8.99. The number of pyridine rings is 1. The third kappa shape index (κ3) is 6.23. The fraction of sp³-hybridized carbons (Fsp3) is 0.333. The van der Waals surface area contributed by atoms with Gasteiger partial charge >= 0.3 is 6.09 Å². The number of hydrogen-bond donors (Lipinski definition) is 3. The summed E-state index contributed by atoms with van der Waals surface area (Å²) in [4.78, 5) is 26.4.